The first-order valence-electron chi connectivity index (χ1n) is 10.6. The van der Waals surface area contributed by atoms with E-state index >= 15 is 0 Å². The maximum absolute atomic E-state index is 13.4. The van der Waals surface area contributed by atoms with Crippen molar-refractivity contribution >= 4 is 11.8 Å². The smallest absolute Gasteiger partial charge is 0.277 e. The zero-order valence-corrected chi connectivity index (χ0v) is 17.5. The molecule has 5 rings (SSSR count). The fraction of sp³-hybridized carbons (Fsp3) is 0.280. The van der Waals surface area contributed by atoms with E-state index in [1.54, 1.807) is 42.5 Å². The van der Waals surface area contributed by atoms with Gasteiger partial charge >= 0.3 is 0 Å². The predicted octanol–water partition coefficient (Wildman–Crippen LogP) is 3.22. The van der Waals surface area contributed by atoms with Gasteiger partial charge in [-0.05, 0) is 30.3 Å². The molecule has 0 saturated carbocycles. The van der Waals surface area contributed by atoms with Gasteiger partial charge in [-0.3, -0.25) is 14.4 Å². The number of nitrogens with one attached hydrogen (secondary N) is 1. The number of benzene rings is 2. The summed E-state index contributed by atoms with van der Waals surface area (Å²) in [6.07, 6.45) is 4.18. The Labute approximate surface area is 186 Å². The number of hydrogen-bond donors (Lipinski definition) is 1. The molecule has 2 unspecified atom stereocenters. The van der Waals surface area contributed by atoms with Crippen LogP contribution < -0.4 is 5.32 Å². The molecule has 2 saturated heterocycles. The first-order valence-corrected chi connectivity index (χ1v) is 10.6. The van der Waals surface area contributed by atoms with Crippen molar-refractivity contribution < 1.29 is 23.9 Å². The highest BCUT2D eigenvalue weighted by atomic mass is 16.8. The first-order chi connectivity index (χ1) is 15.6. The van der Waals surface area contributed by atoms with Crippen LogP contribution in [0, 0.1) is 0 Å². The Bertz CT molecular complexity index is 1060. The predicted molar refractivity (Wildman–Crippen MR) is 116 cm³/mol. The average Bonchev–Trinajstić information content (AvgIpc) is 3.36. The molecule has 3 aliphatic rings. The summed E-state index contributed by atoms with van der Waals surface area (Å²) in [4.78, 5) is 32.5. The second kappa shape index (κ2) is 8.02. The summed E-state index contributed by atoms with van der Waals surface area (Å²) in [7, 11) is 0. The summed E-state index contributed by atoms with van der Waals surface area (Å²) in [5, 5.41) is 4.33. The lowest BCUT2D eigenvalue weighted by molar-refractivity contribution is -0.234. The van der Waals surface area contributed by atoms with Crippen molar-refractivity contribution in [2.45, 2.75) is 30.3 Å². The van der Waals surface area contributed by atoms with Gasteiger partial charge in [0, 0.05) is 29.7 Å². The lowest BCUT2D eigenvalue weighted by Gasteiger charge is -2.41. The SMILES string of the molecule is C=CCC12C=C(NC(=O)c3ccccc3)CC(N(C(=O)c3ccccc3)O1)C21OCCO1. The van der Waals surface area contributed by atoms with Gasteiger partial charge in [0.1, 0.15) is 6.04 Å². The molecule has 1 aliphatic carbocycles. The third-order valence-electron chi connectivity index (χ3n) is 6.09. The summed E-state index contributed by atoms with van der Waals surface area (Å²) in [6, 6.07) is 17.3. The standard InChI is InChI=1S/C25H24N2O5/c1-2-13-24-17-20(26-22(28)18-9-5-3-6-10-18)16-21(25(24)30-14-15-31-25)27(32-24)23(29)19-11-7-4-8-12-19/h2-12,17,21H,1,13-16H2,(H,26,28). The van der Waals surface area contributed by atoms with Crippen molar-refractivity contribution in [3.05, 3.63) is 96.2 Å². The third-order valence-corrected chi connectivity index (χ3v) is 6.09. The Morgan fingerprint density at radius 1 is 1.03 bits per heavy atom. The van der Waals surface area contributed by atoms with Crippen molar-refractivity contribution in [2.75, 3.05) is 13.2 Å². The Hall–Kier alpha value is -3.26. The van der Waals surface area contributed by atoms with E-state index in [0.717, 1.165) is 0 Å². The minimum absolute atomic E-state index is 0.227. The minimum atomic E-state index is -1.16. The lowest BCUT2D eigenvalue weighted by atomic mass is 9.78. The molecule has 1 N–H and O–H groups in total. The zero-order valence-electron chi connectivity index (χ0n) is 17.5. The molecular weight excluding hydrogens is 408 g/mol. The van der Waals surface area contributed by atoms with Gasteiger partial charge in [-0.25, -0.2) is 5.06 Å². The maximum atomic E-state index is 13.4. The topological polar surface area (TPSA) is 77.1 Å². The highest BCUT2D eigenvalue weighted by Gasteiger charge is 2.71. The average molecular weight is 432 g/mol. The van der Waals surface area contributed by atoms with Crippen LogP contribution in [0.4, 0.5) is 0 Å². The van der Waals surface area contributed by atoms with E-state index < -0.39 is 17.4 Å². The Balaban J connectivity index is 1.52. The van der Waals surface area contributed by atoms with Crippen LogP contribution in [-0.4, -0.2) is 47.5 Å². The van der Waals surface area contributed by atoms with Gasteiger partial charge in [0.2, 0.25) is 5.79 Å². The maximum Gasteiger partial charge on any atom is 0.277 e. The molecular formula is C25H24N2O5. The van der Waals surface area contributed by atoms with Crippen molar-refractivity contribution in [1.82, 2.24) is 10.4 Å². The highest BCUT2D eigenvalue weighted by Crippen LogP contribution is 2.54. The van der Waals surface area contributed by atoms with Gasteiger partial charge in [-0.2, -0.15) is 0 Å². The van der Waals surface area contributed by atoms with Gasteiger partial charge in [-0.15, -0.1) is 6.58 Å². The molecule has 164 valence electrons. The first kappa shape index (κ1) is 20.6. The number of carbonyl (C=O) groups is 2. The Kier molecular flexibility index (Phi) is 5.17. The molecule has 2 atom stereocenters. The van der Waals surface area contributed by atoms with Crippen LogP contribution in [0.2, 0.25) is 0 Å². The van der Waals surface area contributed by atoms with Crippen LogP contribution in [-0.2, 0) is 14.3 Å². The molecule has 2 aromatic rings. The van der Waals surface area contributed by atoms with Crippen LogP contribution in [0.15, 0.2) is 85.1 Å². The van der Waals surface area contributed by atoms with Crippen LogP contribution in [0.25, 0.3) is 0 Å². The number of amides is 2. The van der Waals surface area contributed by atoms with Crippen LogP contribution in [0.5, 0.6) is 0 Å². The van der Waals surface area contributed by atoms with Crippen molar-refractivity contribution in [3.63, 3.8) is 0 Å². The van der Waals surface area contributed by atoms with Crippen LogP contribution in [0.1, 0.15) is 33.6 Å². The summed E-state index contributed by atoms with van der Waals surface area (Å²) >= 11 is 0. The third kappa shape index (κ3) is 3.17. The molecule has 7 heteroatoms. The fourth-order valence-electron chi connectivity index (χ4n) is 4.74. The van der Waals surface area contributed by atoms with E-state index in [1.165, 1.54) is 5.06 Å². The number of rotatable bonds is 5. The molecule has 7 nitrogen and oxygen atoms in total. The molecule has 0 radical (unpaired) electrons. The lowest BCUT2D eigenvalue weighted by Crippen LogP contribution is -2.60. The molecule has 32 heavy (non-hydrogen) atoms. The summed E-state index contributed by atoms with van der Waals surface area (Å²) < 4.78 is 12.3. The van der Waals surface area contributed by atoms with E-state index in [-0.39, 0.29) is 11.8 Å². The Morgan fingerprint density at radius 3 is 2.28 bits per heavy atom. The van der Waals surface area contributed by atoms with Gasteiger partial charge in [-0.1, -0.05) is 42.5 Å². The monoisotopic (exact) mass is 432 g/mol. The van der Waals surface area contributed by atoms with Crippen LogP contribution in [0.3, 0.4) is 0 Å². The number of carbonyl (C=O) groups excluding carboxylic acids is 2. The molecule has 2 aliphatic heterocycles. The van der Waals surface area contributed by atoms with Gasteiger partial charge < -0.3 is 14.8 Å². The van der Waals surface area contributed by atoms with E-state index in [9.17, 15) is 9.59 Å². The molecule has 1 spiro atoms. The molecule has 2 fully saturated rings. The number of nitrogens with zero attached hydrogens (tertiary/aromatic N) is 1. The molecule has 0 aromatic heterocycles. The van der Waals surface area contributed by atoms with Crippen molar-refractivity contribution in [2.24, 2.45) is 0 Å². The summed E-state index contributed by atoms with van der Waals surface area (Å²) in [5.41, 5.74) is 0.568. The Morgan fingerprint density at radius 2 is 1.66 bits per heavy atom. The second-order valence-corrected chi connectivity index (χ2v) is 8.04. The van der Waals surface area contributed by atoms with Gasteiger partial charge in [0.15, 0.2) is 5.60 Å². The quantitative estimate of drug-likeness (QED) is 0.735. The molecule has 2 bridgehead atoms. The van der Waals surface area contributed by atoms with E-state index in [4.69, 9.17) is 14.3 Å². The molecule has 2 aromatic carbocycles. The van der Waals surface area contributed by atoms with Gasteiger partial charge in [0.05, 0.1) is 13.2 Å². The highest BCUT2D eigenvalue weighted by molar-refractivity contribution is 5.96. The summed E-state index contributed by atoms with van der Waals surface area (Å²) in [6.45, 7) is 4.66. The number of ether oxygens (including phenoxy) is 2. The molecule has 2 amide bonds. The molecule has 2 heterocycles. The second-order valence-electron chi connectivity index (χ2n) is 8.04. The summed E-state index contributed by atoms with van der Waals surface area (Å²) in [5.74, 6) is -1.67. The minimum Gasteiger partial charge on any atom is -0.343 e. The van der Waals surface area contributed by atoms with E-state index in [2.05, 4.69) is 11.9 Å². The number of hydrogen-bond acceptors (Lipinski definition) is 5. The van der Waals surface area contributed by atoms with Crippen molar-refractivity contribution in [3.8, 4) is 0 Å². The van der Waals surface area contributed by atoms with Crippen LogP contribution >= 0.6 is 0 Å². The van der Waals surface area contributed by atoms with Crippen molar-refractivity contribution in [1.29, 1.82) is 0 Å². The van der Waals surface area contributed by atoms with Gasteiger partial charge in [0.25, 0.3) is 11.8 Å². The largest absolute Gasteiger partial charge is 0.343 e. The normalized spacial score (nSPS) is 25.4. The fourth-order valence-corrected chi connectivity index (χ4v) is 4.74. The van der Waals surface area contributed by atoms with E-state index in [0.29, 0.717) is 42.9 Å². The van der Waals surface area contributed by atoms with E-state index in [1.807, 2.05) is 30.3 Å². The number of hydroxylamine groups is 2. The zero-order chi connectivity index (χ0) is 22.2.